The highest BCUT2D eigenvalue weighted by Gasteiger charge is 2.38. The average Bonchev–Trinajstić information content (AvgIpc) is 2.97. The summed E-state index contributed by atoms with van der Waals surface area (Å²) in [5.41, 5.74) is 2.15. The molecule has 0 aromatic heterocycles. The standard InChI is InChI=1S/C22H24Br2N2O2/c1-2-15(16-6-10-18(23)11-7-16)5-3-4-14-26-21(27)20(25-22(26)28)17-8-12-19(24)13-9-17/h6-13,15,20H,2-5,14H2,1H3,(H,25,28). The van der Waals surface area contributed by atoms with Gasteiger partial charge in [0.25, 0.3) is 5.91 Å². The molecule has 2 aromatic carbocycles. The number of nitrogens with one attached hydrogen (secondary N) is 1. The van der Waals surface area contributed by atoms with Crippen LogP contribution in [0, 0.1) is 0 Å². The van der Waals surface area contributed by atoms with E-state index in [1.807, 2.05) is 24.3 Å². The molecule has 1 aliphatic rings. The second kappa shape index (κ2) is 9.70. The maximum Gasteiger partial charge on any atom is 0.325 e. The van der Waals surface area contributed by atoms with E-state index in [9.17, 15) is 9.59 Å². The number of rotatable bonds is 8. The molecular weight excluding hydrogens is 484 g/mol. The Morgan fingerprint density at radius 1 is 0.964 bits per heavy atom. The minimum absolute atomic E-state index is 0.160. The number of hydrogen-bond donors (Lipinski definition) is 1. The highest BCUT2D eigenvalue weighted by Crippen LogP contribution is 2.28. The highest BCUT2D eigenvalue weighted by atomic mass is 79.9. The zero-order valence-electron chi connectivity index (χ0n) is 15.8. The van der Waals surface area contributed by atoms with Crippen LogP contribution in [0.1, 0.15) is 55.7 Å². The van der Waals surface area contributed by atoms with Crippen molar-refractivity contribution in [2.75, 3.05) is 6.54 Å². The van der Waals surface area contributed by atoms with Crippen molar-refractivity contribution in [3.05, 3.63) is 68.6 Å². The van der Waals surface area contributed by atoms with Crippen molar-refractivity contribution in [3.8, 4) is 0 Å². The molecule has 1 heterocycles. The largest absolute Gasteiger partial charge is 0.325 e. The summed E-state index contributed by atoms with van der Waals surface area (Å²) in [6, 6.07) is 15.1. The monoisotopic (exact) mass is 506 g/mol. The topological polar surface area (TPSA) is 49.4 Å². The summed E-state index contributed by atoms with van der Waals surface area (Å²) >= 11 is 6.86. The number of nitrogens with zero attached hydrogens (tertiary/aromatic N) is 1. The third kappa shape index (κ3) is 5.03. The van der Waals surface area contributed by atoms with Gasteiger partial charge in [-0.2, -0.15) is 0 Å². The van der Waals surface area contributed by atoms with Crippen molar-refractivity contribution < 1.29 is 9.59 Å². The van der Waals surface area contributed by atoms with E-state index in [-0.39, 0.29) is 11.9 Å². The zero-order chi connectivity index (χ0) is 20.1. The number of halogens is 2. The number of unbranched alkanes of at least 4 members (excludes halogenated alkanes) is 1. The van der Waals surface area contributed by atoms with Crippen molar-refractivity contribution in [3.63, 3.8) is 0 Å². The van der Waals surface area contributed by atoms with Gasteiger partial charge in [-0.15, -0.1) is 0 Å². The van der Waals surface area contributed by atoms with Crippen LogP contribution in [0.15, 0.2) is 57.5 Å². The Balaban J connectivity index is 1.51. The Labute approximate surface area is 182 Å². The van der Waals surface area contributed by atoms with Gasteiger partial charge in [0.15, 0.2) is 0 Å². The molecule has 3 amide bonds. The summed E-state index contributed by atoms with van der Waals surface area (Å²) in [6.45, 7) is 2.67. The first-order chi connectivity index (χ1) is 13.5. The van der Waals surface area contributed by atoms with E-state index < -0.39 is 6.04 Å². The fraction of sp³-hybridized carbons (Fsp3) is 0.364. The van der Waals surface area contributed by atoms with Gasteiger partial charge in [0, 0.05) is 15.5 Å². The Kier molecular flexibility index (Phi) is 7.30. The molecule has 0 radical (unpaired) electrons. The summed E-state index contributed by atoms with van der Waals surface area (Å²) in [6.07, 6.45) is 3.93. The molecule has 1 fully saturated rings. The number of urea groups is 1. The molecule has 1 saturated heterocycles. The quantitative estimate of drug-likeness (QED) is 0.343. The number of hydrogen-bond acceptors (Lipinski definition) is 2. The molecule has 0 aliphatic carbocycles. The van der Waals surface area contributed by atoms with Crippen LogP contribution in [0.3, 0.4) is 0 Å². The van der Waals surface area contributed by atoms with Gasteiger partial charge in [0.1, 0.15) is 6.04 Å². The number of amides is 3. The summed E-state index contributed by atoms with van der Waals surface area (Å²) in [5, 5.41) is 2.80. The van der Waals surface area contributed by atoms with Crippen molar-refractivity contribution in [2.45, 2.75) is 44.6 Å². The molecule has 1 N–H and O–H groups in total. The molecule has 28 heavy (non-hydrogen) atoms. The first-order valence-electron chi connectivity index (χ1n) is 9.62. The number of benzene rings is 2. The molecule has 0 saturated carbocycles. The normalized spacial score (nSPS) is 17.7. The molecular formula is C22H24Br2N2O2. The van der Waals surface area contributed by atoms with Crippen LogP contribution in [0.2, 0.25) is 0 Å². The lowest BCUT2D eigenvalue weighted by Crippen LogP contribution is -2.31. The van der Waals surface area contributed by atoms with Crippen molar-refractivity contribution >= 4 is 43.8 Å². The highest BCUT2D eigenvalue weighted by molar-refractivity contribution is 9.10. The number of imide groups is 1. The van der Waals surface area contributed by atoms with Gasteiger partial charge in [-0.1, -0.05) is 69.5 Å². The lowest BCUT2D eigenvalue weighted by molar-refractivity contribution is -0.127. The first-order valence-corrected chi connectivity index (χ1v) is 11.2. The van der Waals surface area contributed by atoms with Gasteiger partial charge < -0.3 is 5.32 Å². The summed E-state index contributed by atoms with van der Waals surface area (Å²) in [7, 11) is 0. The molecule has 4 nitrogen and oxygen atoms in total. The molecule has 2 aromatic rings. The van der Waals surface area contributed by atoms with Crippen LogP contribution in [0.25, 0.3) is 0 Å². The number of carbonyl (C=O) groups excluding carboxylic acids is 2. The van der Waals surface area contributed by atoms with E-state index in [1.165, 1.54) is 10.5 Å². The summed E-state index contributed by atoms with van der Waals surface area (Å²) in [4.78, 5) is 26.3. The predicted molar refractivity (Wildman–Crippen MR) is 118 cm³/mol. The molecule has 0 spiro atoms. The minimum Gasteiger partial charge on any atom is -0.322 e. The van der Waals surface area contributed by atoms with Crippen molar-refractivity contribution in [1.29, 1.82) is 0 Å². The van der Waals surface area contributed by atoms with Crippen LogP contribution in [-0.2, 0) is 4.79 Å². The third-order valence-electron chi connectivity index (χ3n) is 5.25. The lowest BCUT2D eigenvalue weighted by Gasteiger charge is -2.17. The second-order valence-electron chi connectivity index (χ2n) is 7.08. The average molecular weight is 508 g/mol. The van der Waals surface area contributed by atoms with Gasteiger partial charge in [-0.25, -0.2) is 4.79 Å². The van der Waals surface area contributed by atoms with Crippen molar-refractivity contribution in [2.24, 2.45) is 0 Å². The van der Waals surface area contributed by atoms with Crippen LogP contribution >= 0.6 is 31.9 Å². The Bertz CT molecular complexity index is 821. The van der Waals surface area contributed by atoms with Gasteiger partial charge in [0.2, 0.25) is 0 Å². The Hall–Kier alpha value is -1.66. The third-order valence-corrected chi connectivity index (χ3v) is 6.31. The Morgan fingerprint density at radius 2 is 1.57 bits per heavy atom. The van der Waals surface area contributed by atoms with E-state index >= 15 is 0 Å². The molecule has 0 bridgehead atoms. The van der Waals surface area contributed by atoms with Crippen molar-refractivity contribution in [1.82, 2.24) is 10.2 Å². The van der Waals surface area contributed by atoms with E-state index in [1.54, 1.807) is 0 Å². The number of carbonyl (C=O) groups is 2. The SMILES string of the molecule is CCC(CCCCN1C(=O)NC(c2ccc(Br)cc2)C1=O)c1ccc(Br)cc1. The zero-order valence-corrected chi connectivity index (χ0v) is 19.0. The fourth-order valence-electron chi connectivity index (χ4n) is 3.61. The molecule has 2 unspecified atom stereocenters. The van der Waals surface area contributed by atoms with Gasteiger partial charge in [0.05, 0.1) is 0 Å². The first kappa shape index (κ1) is 21.1. The van der Waals surface area contributed by atoms with Gasteiger partial charge >= 0.3 is 6.03 Å². The Morgan fingerprint density at radius 3 is 2.18 bits per heavy atom. The van der Waals surface area contributed by atoms with Gasteiger partial charge in [-0.05, 0) is 60.6 Å². The van der Waals surface area contributed by atoms with E-state index in [2.05, 4.69) is 68.4 Å². The van der Waals surface area contributed by atoms with E-state index in [4.69, 9.17) is 0 Å². The summed E-state index contributed by atoms with van der Waals surface area (Å²) in [5.74, 6) is 0.346. The van der Waals surface area contributed by atoms with E-state index in [0.717, 1.165) is 40.2 Å². The van der Waals surface area contributed by atoms with Crippen LogP contribution in [0.4, 0.5) is 4.79 Å². The second-order valence-corrected chi connectivity index (χ2v) is 8.91. The van der Waals surface area contributed by atoms with Crippen LogP contribution < -0.4 is 5.32 Å². The maximum atomic E-state index is 12.7. The summed E-state index contributed by atoms with van der Waals surface area (Å²) < 4.78 is 2.03. The minimum atomic E-state index is -0.577. The smallest absolute Gasteiger partial charge is 0.322 e. The van der Waals surface area contributed by atoms with E-state index in [0.29, 0.717) is 12.5 Å². The molecule has 148 valence electrons. The molecule has 2 atom stereocenters. The van der Waals surface area contributed by atoms with Crippen LogP contribution in [-0.4, -0.2) is 23.4 Å². The predicted octanol–water partition coefficient (Wildman–Crippen LogP) is 6.17. The fourth-order valence-corrected chi connectivity index (χ4v) is 4.14. The molecule has 3 rings (SSSR count). The van der Waals surface area contributed by atoms with Crippen LogP contribution in [0.5, 0.6) is 0 Å². The molecule has 1 aliphatic heterocycles. The van der Waals surface area contributed by atoms with Gasteiger partial charge in [-0.3, -0.25) is 9.69 Å². The lowest BCUT2D eigenvalue weighted by atomic mass is 9.91. The maximum absolute atomic E-state index is 12.7. The molecule has 6 heteroatoms.